The molecule has 8 nitrogen and oxygen atoms in total. The number of pyridine rings is 1. The average Bonchev–Trinajstić information content (AvgIpc) is 2.72. The van der Waals surface area contributed by atoms with Gasteiger partial charge in [0.25, 0.3) is 10.0 Å². The minimum absolute atomic E-state index is 0.0529. The van der Waals surface area contributed by atoms with Crippen molar-refractivity contribution >= 4 is 56.5 Å². The molecule has 0 aromatic carbocycles. The quantitative estimate of drug-likeness (QED) is 0.691. The van der Waals surface area contributed by atoms with Crippen LogP contribution in [0.2, 0.25) is 8.67 Å². The number of carboxylic acid groups (broad SMARTS) is 1. The van der Waals surface area contributed by atoms with E-state index in [1.165, 1.54) is 0 Å². The monoisotopic (exact) mass is 384 g/mol. The van der Waals surface area contributed by atoms with Crippen molar-refractivity contribution in [2.24, 2.45) is 0 Å². The molecule has 0 amide bonds. The van der Waals surface area contributed by atoms with Crippen molar-refractivity contribution in [2.75, 3.05) is 4.72 Å². The van der Waals surface area contributed by atoms with Gasteiger partial charge in [0, 0.05) is 6.07 Å². The standard InChI is InChI=1S/C10H6Cl2N2O6S2/c11-7-2-6(8(12)21-7)22(18,19)14-9-5(15)1-4(3-13-9)20-10(16)17/h1-3,15H,(H,13,14)(H,16,17). The summed E-state index contributed by atoms with van der Waals surface area (Å²) < 4.78 is 30.7. The molecule has 12 heteroatoms. The number of carbonyl (C=O) groups is 1. The molecule has 22 heavy (non-hydrogen) atoms. The number of hydrogen-bond acceptors (Lipinski definition) is 7. The lowest BCUT2D eigenvalue weighted by molar-refractivity contribution is 0.144. The number of thiophene rings is 1. The SMILES string of the molecule is O=C(O)Oc1cnc(NS(=O)(=O)c2cc(Cl)sc2Cl)c(O)c1. The molecule has 0 saturated heterocycles. The summed E-state index contributed by atoms with van der Waals surface area (Å²) >= 11 is 12.3. The number of hydrogen-bond donors (Lipinski definition) is 3. The number of nitrogens with one attached hydrogen (secondary N) is 1. The number of halogens is 2. The molecule has 0 fully saturated rings. The van der Waals surface area contributed by atoms with Gasteiger partial charge in [-0.05, 0) is 6.07 Å². The highest BCUT2D eigenvalue weighted by atomic mass is 35.5. The van der Waals surface area contributed by atoms with Crippen molar-refractivity contribution in [3.8, 4) is 11.5 Å². The third kappa shape index (κ3) is 3.71. The van der Waals surface area contributed by atoms with E-state index in [0.717, 1.165) is 29.7 Å². The number of rotatable bonds is 4. The summed E-state index contributed by atoms with van der Waals surface area (Å²) in [5.74, 6) is -1.32. The zero-order valence-electron chi connectivity index (χ0n) is 10.3. The van der Waals surface area contributed by atoms with Gasteiger partial charge in [-0.25, -0.2) is 18.2 Å². The van der Waals surface area contributed by atoms with Crippen LogP contribution < -0.4 is 9.46 Å². The molecule has 0 atom stereocenters. The Bertz CT molecular complexity index is 836. The molecule has 0 unspecified atom stereocenters. The molecule has 2 rings (SSSR count). The van der Waals surface area contributed by atoms with Gasteiger partial charge < -0.3 is 14.9 Å². The number of ether oxygens (including phenoxy) is 1. The summed E-state index contributed by atoms with van der Waals surface area (Å²) in [4.78, 5) is 13.7. The highest BCUT2D eigenvalue weighted by Crippen LogP contribution is 2.36. The lowest BCUT2D eigenvalue weighted by atomic mass is 10.4. The minimum Gasteiger partial charge on any atom is -0.504 e. The van der Waals surface area contributed by atoms with Crippen LogP contribution >= 0.6 is 34.5 Å². The molecule has 0 radical (unpaired) electrons. The maximum absolute atomic E-state index is 12.1. The first-order chi connectivity index (χ1) is 10.2. The highest BCUT2D eigenvalue weighted by molar-refractivity contribution is 7.93. The Hall–Kier alpha value is -1.75. The Balaban J connectivity index is 2.30. The van der Waals surface area contributed by atoms with Gasteiger partial charge in [0.1, 0.15) is 9.23 Å². The van der Waals surface area contributed by atoms with Gasteiger partial charge in [0.15, 0.2) is 17.3 Å². The molecule has 0 spiro atoms. The number of aromatic hydroxyl groups is 1. The maximum atomic E-state index is 12.1. The van der Waals surface area contributed by atoms with Gasteiger partial charge in [0.2, 0.25) is 0 Å². The molecule has 0 bridgehead atoms. The Labute approximate surface area is 137 Å². The van der Waals surface area contributed by atoms with E-state index in [1.54, 1.807) is 0 Å². The smallest absolute Gasteiger partial charge is 0.504 e. The predicted octanol–water partition coefficient (Wildman–Crippen LogP) is 3.01. The fraction of sp³-hybridized carbons (Fsp3) is 0. The van der Waals surface area contributed by atoms with Crippen LogP contribution in [0.25, 0.3) is 0 Å². The topological polar surface area (TPSA) is 126 Å². The van der Waals surface area contributed by atoms with Gasteiger partial charge in [-0.15, -0.1) is 11.3 Å². The van der Waals surface area contributed by atoms with Crippen molar-refractivity contribution in [1.82, 2.24) is 4.98 Å². The largest absolute Gasteiger partial charge is 0.511 e. The molecular weight excluding hydrogens is 379 g/mol. The second kappa shape index (κ2) is 6.16. The van der Waals surface area contributed by atoms with Crippen LogP contribution in [0.3, 0.4) is 0 Å². The fourth-order valence-corrected chi connectivity index (χ4v) is 4.54. The van der Waals surface area contributed by atoms with E-state index in [-0.39, 0.29) is 19.3 Å². The third-order valence-corrected chi connectivity index (χ3v) is 5.29. The summed E-state index contributed by atoms with van der Waals surface area (Å²) in [5.41, 5.74) is 0. The molecule has 0 saturated carbocycles. The summed E-state index contributed by atoms with van der Waals surface area (Å²) in [6.07, 6.45) is -0.678. The molecule has 0 aliphatic carbocycles. The second-order valence-corrected chi connectivity index (χ2v) is 7.64. The van der Waals surface area contributed by atoms with Crippen LogP contribution in [0.4, 0.5) is 10.6 Å². The van der Waals surface area contributed by atoms with Crippen molar-refractivity contribution in [1.29, 1.82) is 0 Å². The first kappa shape index (κ1) is 16.6. The van der Waals surface area contributed by atoms with E-state index in [0.29, 0.717) is 0 Å². The summed E-state index contributed by atoms with van der Waals surface area (Å²) in [6, 6.07) is 2.04. The van der Waals surface area contributed by atoms with E-state index in [9.17, 15) is 18.3 Å². The molecule has 118 valence electrons. The van der Waals surface area contributed by atoms with E-state index >= 15 is 0 Å². The van der Waals surface area contributed by atoms with E-state index < -0.39 is 27.7 Å². The lowest BCUT2D eigenvalue weighted by Crippen LogP contribution is -2.14. The van der Waals surface area contributed by atoms with Crippen molar-refractivity contribution < 1.29 is 28.2 Å². The minimum atomic E-state index is -4.12. The first-order valence-corrected chi connectivity index (χ1v) is 8.32. The molecular formula is C10H6Cl2N2O6S2. The first-order valence-electron chi connectivity index (χ1n) is 5.26. The van der Waals surface area contributed by atoms with E-state index in [1.807, 2.05) is 4.72 Å². The summed E-state index contributed by atoms with van der Waals surface area (Å²) in [7, 11) is -4.12. The van der Waals surface area contributed by atoms with Crippen LogP contribution in [0.5, 0.6) is 11.5 Å². The van der Waals surface area contributed by atoms with E-state index in [2.05, 4.69) is 9.72 Å². The zero-order valence-corrected chi connectivity index (χ0v) is 13.4. The number of sulfonamides is 1. The summed E-state index contributed by atoms with van der Waals surface area (Å²) in [5, 5.41) is 18.1. The predicted molar refractivity (Wildman–Crippen MR) is 79.7 cm³/mol. The lowest BCUT2D eigenvalue weighted by Gasteiger charge is -2.08. The summed E-state index contributed by atoms with van der Waals surface area (Å²) in [6.45, 7) is 0. The molecule has 2 aromatic heterocycles. The van der Waals surface area contributed by atoms with Gasteiger partial charge in [-0.3, -0.25) is 4.72 Å². The number of anilines is 1. The number of nitrogens with zero attached hydrogens (tertiary/aromatic N) is 1. The van der Waals surface area contributed by atoms with Crippen LogP contribution in [-0.2, 0) is 10.0 Å². The normalized spacial score (nSPS) is 11.2. The van der Waals surface area contributed by atoms with Gasteiger partial charge in [-0.2, -0.15) is 0 Å². The van der Waals surface area contributed by atoms with Crippen LogP contribution in [0.1, 0.15) is 0 Å². The van der Waals surface area contributed by atoms with Crippen LogP contribution in [0, 0.1) is 0 Å². The number of aromatic nitrogens is 1. The van der Waals surface area contributed by atoms with Gasteiger partial charge in [0.05, 0.1) is 10.5 Å². The Morgan fingerprint density at radius 1 is 1.36 bits per heavy atom. The average molecular weight is 385 g/mol. The van der Waals surface area contributed by atoms with Crippen molar-refractivity contribution in [3.63, 3.8) is 0 Å². The molecule has 0 aliphatic heterocycles. The molecule has 3 N–H and O–H groups in total. The van der Waals surface area contributed by atoms with Crippen molar-refractivity contribution in [2.45, 2.75) is 4.90 Å². The van der Waals surface area contributed by atoms with Crippen molar-refractivity contribution in [3.05, 3.63) is 27.0 Å². The molecule has 2 heterocycles. The Morgan fingerprint density at radius 2 is 2.05 bits per heavy atom. The highest BCUT2D eigenvalue weighted by Gasteiger charge is 2.23. The fourth-order valence-electron chi connectivity index (χ4n) is 1.36. The van der Waals surface area contributed by atoms with Crippen LogP contribution in [-0.4, -0.2) is 29.8 Å². The Morgan fingerprint density at radius 3 is 2.55 bits per heavy atom. The second-order valence-electron chi connectivity index (χ2n) is 3.70. The molecule has 2 aromatic rings. The van der Waals surface area contributed by atoms with Crippen LogP contribution in [0.15, 0.2) is 23.2 Å². The maximum Gasteiger partial charge on any atom is 0.511 e. The van der Waals surface area contributed by atoms with E-state index in [4.69, 9.17) is 28.3 Å². The van der Waals surface area contributed by atoms with Gasteiger partial charge in [-0.1, -0.05) is 23.2 Å². The third-order valence-electron chi connectivity index (χ3n) is 2.19. The Kier molecular flexibility index (Phi) is 4.66. The zero-order chi connectivity index (χ0) is 16.5. The van der Waals surface area contributed by atoms with Gasteiger partial charge >= 0.3 is 6.16 Å². The molecule has 0 aliphatic rings.